The number of nitrogens with one attached hydrogen (secondary N) is 1. The van der Waals surface area contributed by atoms with Crippen LogP contribution in [-0.4, -0.2) is 31.6 Å². The van der Waals surface area contributed by atoms with Crippen LogP contribution in [0.1, 0.15) is 20.8 Å². The number of carboxylic acid groups (broad SMARTS) is 1. The number of carbonyl (C=O) groups excluding carboxylic acids is 1. The Hall–Kier alpha value is -2.83. The molecule has 0 atom stereocenters. The Labute approximate surface area is 108 Å². The van der Waals surface area contributed by atoms with E-state index in [1.807, 2.05) is 0 Å². The van der Waals surface area contributed by atoms with Crippen molar-refractivity contribution in [1.29, 1.82) is 0 Å². The number of carboxylic acids is 1. The molecule has 1 aromatic heterocycles. The fourth-order valence-electron chi connectivity index (χ4n) is 1.53. The Morgan fingerprint density at radius 3 is 2.68 bits per heavy atom. The summed E-state index contributed by atoms with van der Waals surface area (Å²) >= 11 is 0. The van der Waals surface area contributed by atoms with Gasteiger partial charge >= 0.3 is 5.97 Å². The second-order valence-corrected chi connectivity index (χ2v) is 3.91. The van der Waals surface area contributed by atoms with E-state index in [4.69, 9.17) is 5.11 Å². The second kappa shape index (κ2) is 4.81. The van der Waals surface area contributed by atoms with Gasteiger partial charge < -0.3 is 20.1 Å². The average molecular weight is 261 g/mol. The molecule has 3 N–H and O–H groups in total. The summed E-state index contributed by atoms with van der Waals surface area (Å²) in [6, 6.07) is 3.68. The number of amides is 1. The van der Waals surface area contributed by atoms with Gasteiger partial charge in [-0.25, -0.2) is 9.78 Å². The first-order chi connectivity index (χ1) is 8.97. The molecule has 1 aromatic carbocycles. The molecule has 0 unspecified atom stereocenters. The van der Waals surface area contributed by atoms with Crippen molar-refractivity contribution in [3.05, 3.63) is 42.0 Å². The van der Waals surface area contributed by atoms with E-state index >= 15 is 0 Å². The van der Waals surface area contributed by atoms with Crippen molar-refractivity contribution in [2.24, 2.45) is 7.05 Å². The summed E-state index contributed by atoms with van der Waals surface area (Å²) in [4.78, 5) is 26.7. The van der Waals surface area contributed by atoms with Gasteiger partial charge in [0.1, 0.15) is 11.4 Å². The van der Waals surface area contributed by atoms with Crippen LogP contribution in [0.4, 0.5) is 5.69 Å². The third-order valence-electron chi connectivity index (χ3n) is 2.42. The number of carbonyl (C=O) groups is 2. The summed E-state index contributed by atoms with van der Waals surface area (Å²) < 4.78 is 1.60. The highest BCUT2D eigenvalue weighted by atomic mass is 16.4. The van der Waals surface area contributed by atoms with Crippen LogP contribution in [0.3, 0.4) is 0 Å². The molecular formula is C12H11N3O4. The minimum Gasteiger partial charge on any atom is -0.508 e. The van der Waals surface area contributed by atoms with Crippen molar-refractivity contribution >= 4 is 17.6 Å². The Kier molecular flexibility index (Phi) is 3.19. The van der Waals surface area contributed by atoms with Crippen LogP contribution in [0, 0.1) is 0 Å². The molecule has 1 amide bonds. The predicted octanol–water partition coefficient (Wildman–Crippen LogP) is 1.08. The lowest BCUT2D eigenvalue weighted by atomic mass is 10.1. The van der Waals surface area contributed by atoms with Crippen LogP contribution in [0.15, 0.2) is 30.7 Å². The zero-order valence-corrected chi connectivity index (χ0v) is 9.99. The zero-order valence-electron chi connectivity index (χ0n) is 9.99. The minimum atomic E-state index is -1.24. The van der Waals surface area contributed by atoms with E-state index in [1.54, 1.807) is 11.6 Å². The number of imidazole rings is 1. The quantitative estimate of drug-likeness (QED) is 0.717. The van der Waals surface area contributed by atoms with Gasteiger partial charge in [-0.1, -0.05) is 0 Å². The number of aryl methyl sites for hydroxylation is 1. The highest BCUT2D eigenvalue weighted by Gasteiger charge is 2.15. The largest absolute Gasteiger partial charge is 0.508 e. The lowest BCUT2D eigenvalue weighted by Crippen LogP contribution is -2.15. The van der Waals surface area contributed by atoms with Gasteiger partial charge in [0.15, 0.2) is 0 Å². The maximum Gasteiger partial charge on any atom is 0.337 e. The van der Waals surface area contributed by atoms with E-state index in [9.17, 15) is 14.7 Å². The molecule has 7 heteroatoms. The number of phenols is 1. The molecule has 98 valence electrons. The molecule has 0 spiro atoms. The van der Waals surface area contributed by atoms with Gasteiger partial charge in [-0.05, 0) is 18.2 Å². The third-order valence-corrected chi connectivity index (χ3v) is 2.42. The zero-order chi connectivity index (χ0) is 14.0. The van der Waals surface area contributed by atoms with Gasteiger partial charge in [-0.3, -0.25) is 4.79 Å². The molecule has 2 aromatic rings. The van der Waals surface area contributed by atoms with Crippen LogP contribution in [0.2, 0.25) is 0 Å². The number of hydrogen-bond donors (Lipinski definition) is 3. The molecule has 2 rings (SSSR count). The number of rotatable bonds is 3. The van der Waals surface area contributed by atoms with Gasteiger partial charge in [0, 0.05) is 13.2 Å². The number of benzene rings is 1. The lowest BCUT2D eigenvalue weighted by Gasteiger charge is -2.07. The molecular weight excluding hydrogens is 250 g/mol. The van der Waals surface area contributed by atoms with E-state index in [2.05, 4.69) is 10.3 Å². The van der Waals surface area contributed by atoms with Gasteiger partial charge in [0.25, 0.3) is 5.91 Å². The van der Waals surface area contributed by atoms with Crippen molar-refractivity contribution < 1.29 is 19.8 Å². The predicted molar refractivity (Wildman–Crippen MR) is 66.2 cm³/mol. The van der Waals surface area contributed by atoms with Crippen molar-refractivity contribution in [3.63, 3.8) is 0 Å². The Morgan fingerprint density at radius 1 is 1.37 bits per heavy atom. The summed E-state index contributed by atoms with van der Waals surface area (Å²) in [7, 11) is 1.72. The maximum absolute atomic E-state index is 11.8. The van der Waals surface area contributed by atoms with Crippen LogP contribution in [-0.2, 0) is 7.05 Å². The topological polar surface area (TPSA) is 104 Å². The van der Waals surface area contributed by atoms with Crippen molar-refractivity contribution in [2.75, 3.05) is 5.32 Å². The summed E-state index contributed by atoms with van der Waals surface area (Å²) in [5.74, 6) is -1.95. The van der Waals surface area contributed by atoms with E-state index < -0.39 is 11.9 Å². The Morgan fingerprint density at radius 2 is 2.11 bits per heavy atom. The lowest BCUT2D eigenvalue weighted by molar-refractivity contribution is 0.0697. The van der Waals surface area contributed by atoms with E-state index in [0.717, 1.165) is 6.07 Å². The SMILES string of the molecule is Cn1cnc(C(=O)Nc2ccc(O)cc2C(=O)O)c1. The first-order valence-electron chi connectivity index (χ1n) is 5.33. The molecule has 0 aliphatic heterocycles. The van der Waals surface area contributed by atoms with E-state index in [1.165, 1.54) is 24.7 Å². The van der Waals surface area contributed by atoms with Crippen LogP contribution < -0.4 is 5.32 Å². The van der Waals surface area contributed by atoms with Gasteiger partial charge in [0.2, 0.25) is 0 Å². The highest BCUT2D eigenvalue weighted by Crippen LogP contribution is 2.21. The number of aromatic nitrogens is 2. The van der Waals surface area contributed by atoms with Gasteiger partial charge in [0.05, 0.1) is 17.6 Å². The maximum atomic E-state index is 11.8. The number of phenolic OH excluding ortho intramolecular Hbond substituents is 1. The monoisotopic (exact) mass is 261 g/mol. The minimum absolute atomic E-state index is 0.0981. The van der Waals surface area contributed by atoms with Crippen LogP contribution >= 0.6 is 0 Å². The standard InChI is InChI=1S/C12H11N3O4/c1-15-5-10(13-6-15)11(17)14-9-3-2-7(16)4-8(9)12(18)19/h2-6,16H,1H3,(H,14,17)(H,18,19). The molecule has 0 radical (unpaired) electrons. The number of aromatic carboxylic acids is 1. The number of anilines is 1. The van der Waals surface area contributed by atoms with Crippen molar-refractivity contribution in [2.45, 2.75) is 0 Å². The molecule has 1 heterocycles. The second-order valence-electron chi connectivity index (χ2n) is 3.91. The molecule has 0 fully saturated rings. The normalized spacial score (nSPS) is 10.2. The average Bonchev–Trinajstić information content (AvgIpc) is 2.78. The fraction of sp³-hybridized carbons (Fsp3) is 0.0833. The molecule has 0 saturated carbocycles. The van der Waals surface area contributed by atoms with Crippen molar-refractivity contribution in [3.8, 4) is 5.75 Å². The highest BCUT2D eigenvalue weighted by molar-refractivity contribution is 6.06. The summed E-state index contributed by atoms with van der Waals surface area (Å²) in [6.07, 6.45) is 2.97. The molecule has 7 nitrogen and oxygen atoms in total. The molecule has 0 saturated heterocycles. The summed E-state index contributed by atoms with van der Waals surface area (Å²) in [5, 5.41) is 20.7. The summed E-state index contributed by atoms with van der Waals surface area (Å²) in [6.45, 7) is 0. The third kappa shape index (κ3) is 2.71. The molecule has 0 aliphatic carbocycles. The first-order valence-corrected chi connectivity index (χ1v) is 5.33. The van der Waals surface area contributed by atoms with Gasteiger partial charge in [-0.15, -0.1) is 0 Å². The van der Waals surface area contributed by atoms with Gasteiger partial charge in [-0.2, -0.15) is 0 Å². The molecule has 19 heavy (non-hydrogen) atoms. The number of aromatic hydroxyl groups is 1. The molecule has 0 aliphatic rings. The smallest absolute Gasteiger partial charge is 0.337 e. The Balaban J connectivity index is 2.28. The summed E-state index contributed by atoms with van der Waals surface area (Å²) in [5.41, 5.74) is 0.0807. The Bertz CT molecular complexity index is 648. The van der Waals surface area contributed by atoms with Crippen LogP contribution in [0.5, 0.6) is 5.75 Å². The number of nitrogens with zero attached hydrogens (tertiary/aromatic N) is 2. The van der Waals surface area contributed by atoms with Crippen molar-refractivity contribution in [1.82, 2.24) is 9.55 Å². The van der Waals surface area contributed by atoms with E-state index in [0.29, 0.717) is 0 Å². The first kappa shape index (κ1) is 12.6. The number of hydrogen-bond acceptors (Lipinski definition) is 4. The molecule has 0 bridgehead atoms. The fourth-order valence-corrected chi connectivity index (χ4v) is 1.53. The van der Waals surface area contributed by atoms with E-state index in [-0.39, 0.29) is 22.7 Å². The van der Waals surface area contributed by atoms with Crippen LogP contribution in [0.25, 0.3) is 0 Å².